The Morgan fingerprint density at radius 3 is 2.31 bits per heavy atom. The molecule has 0 aliphatic carbocycles. The van der Waals surface area contributed by atoms with Crippen molar-refractivity contribution in [1.29, 1.82) is 0 Å². The highest BCUT2D eigenvalue weighted by Gasteiger charge is 2.08. The predicted molar refractivity (Wildman–Crippen MR) is 132 cm³/mol. The molecule has 32 heavy (non-hydrogen) atoms. The molecular weight excluding hydrogens is 446 g/mol. The van der Waals surface area contributed by atoms with Crippen molar-refractivity contribution in [3.05, 3.63) is 95.0 Å². The number of hydrogen-bond donors (Lipinski definition) is 3. The van der Waals surface area contributed by atoms with Crippen molar-refractivity contribution in [1.82, 2.24) is 5.32 Å². The minimum Gasteiger partial charge on any atom is -0.497 e. The zero-order chi connectivity index (χ0) is 22.9. The number of amides is 2. The normalized spacial score (nSPS) is 10.4. The monoisotopic (exact) mass is 465 g/mol. The maximum absolute atomic E-state index is 12.5. The molecule has 162 valence electrons. The highest BCUT2D eigenvalue weighted by atomic mass is 35.5. The Bertz CT molecular complexity index is 1160. The van der Waals surface area contributed by atoms with Gasteiger partial charge in [-0.2, -0.15) is 0 Å². The van der Waals surface area contributed by atoms with E-state index in [1.54, 1.807) is 73.8 Å². The Hall–Kier alpha value is -3.68. The van der Waals surface area contributed by atoms with Gasteiger partial charge in [0, 0.05) is 28.0 Å². The standard InChI is InChI=1S/C24H20ClN3O3S/c1-31-21-11-8-16(9-12-21)10-13-22(29)28-24(32)27-19-6-2-4-17(14-19)23(30)26-20-7-3-5-18(25)15-20/h2-15H,1H3,(H,26,30)(H2,27,28,29,32)/b13-10+. The van der Waals surface area contributed by atoms with Gasteiger partial charge in [-0.1, -0.05) is 35.9 Å². The number of benzene rings is 3. The first kappa shape index (κ1) is 23.0. The maximum Gasteiger partial charge on any atom is 0.255 e. The molecule has 0 fully saturated rings. The molecule has 0 radical (unpaired) electrons. The Balaban J connectivity index is 1.56. The number of halogens is 1. The minimum atomic E-state index is -0.381. The van der Waals surface area contributed by atoms with E-state index in [1.807, 2.05) is 12.1 Å². The van der Waals surface area contributed by atoms with Crippen molar-refractivity contribution in [2.75, 3.05) is 17.7 Å². The van der Waals surface area contributed by atoms with E-state index in [0.717, 1.165) is 11.3 Å². The molecule has 0 bridgehead atoms. The van der Waals surface area contributed by atoms with E-state index in [-0.39, 0.29) is 16.9 Å². The van der Waals surface area contributed by atoms with Gasteiger partial charge in [0.25, 0.3) is 5.91 Å². The molecule has 0 saturated heterocycles. The second-order valence-electron chi connectivity index (χ2n) is 6.60. The largest absolute Gasteiger partial charge is 0.497 e. The van der Waals surface area contributed by atoms with Crippen LogP contribution in [0.2, 0.25) is 5.02 Å². The lowest BCUT2D eigenvalue weighted by Gasteiger charge is -2.10. The minimum absolute atomic E-state index is 0.113. The quantitative estimate of drug-likeness (QED) is 0.347. The van der Waals surface area contributed by atoms with Crippen molar-refractivity contribution < 1.29 is 14.3 Å². The Kier molecular flexibility index (Phi) is 7.96. The fourth-order valence-corrected chi connectivity index (χ4v) is 3.12. The van der Waals surface area contributed by atoms with Gasteiger partial charge >= 0.3 is 0 Å². The maximum atomic E-state index is 12.5. The number of anilines is 2. The molecule has 0 unspecified atom stereocenters. The van der Waals surface area contributed by atoms with E-state index in [4.69, 9.17) is 28.6 Å². The summed E-state index contributed by atoms with van der Waals surface area (Å²) in [4.78, 5) is 24.6. The third-order valence-corrected chi connectivity index (χ3v) is 4.68. The molecule has 3 rings (SSSR count). The highest BCUT2D eigenvalue weighted by molar-refractivity contribution is 7.80. The molecule has 0 atom stereocenters. The van der Waals surface area contributed by atoms with Crippen LogP contribution < -0.4 is 20.7 Å². The van der Waals surface area contributed by atoms with Crippen molar-refractivity contribution in [2.24, 2.45) is 0 Å². The summed E-state index contributed by atoms with van der Waals surface area (Å²) in [6.07, 6.45) is 3.04. The van der Waals surface area contributed by atoms with Crippen LogP contribution in [-0.2, 0) is 4.79 Å². The zero-order valence-electron chi connectivity index (χ0n) is 17.1. The number of thiocarbonyl (C=S) groups is 1. The lowest BCUT2D eigenvalue weighted by molar-refractivity contribution is -0.115. The van der Waals surface area contributed by atoms with E-state index in [2.05, 4.69) is 16.0 Å². The third-order valence-electron chi connectivity index (χ3n) is 4.24. The van der Waals surface area contributed by atoms with Crippen LogP contribution in [0.15, 0.2) is 78.9 Å². The fraction of sp³-hybridized carbons (Fsp3) is 0.0417. The van der Waals surface area contributed by atoms with Crippen LogP contribution in [0.1, 0.15) is 15.9 Å². The second-order valence-corrected chi connectivity index (χ2v) is 7.44. The highest BCUT2D eigenvalue weighted by Crippen LogP contribution is 2.17. The van der Waals surface area contributed by atoms with Crippen molar-refractivity contribution in [3.8, 4) is 5.75 Å². The molecule has 2 amide bonds. The molecular formula is C24H20ClN3O3S. The molecule has 0 heterocycles. The summed E-state index contributed by atoms with van der Waals surface area (Å²) >= 11 is 11.1. The van der Waals surface area contributed by atoms with E-state index >= 15 is 0 Å². The van der Waals surface area contributed by atoms with Gasteiger partial charge in [0.2, 0.25) is 5.91 Å². The summed E-state index contributed by atoms with van der Waals surface area (Å²) in [6, 6.07) is 20.9. The molecule has 6 nitrogen and oxygen atoms in total. The van der Waals surface area contributed by atoms with Crippen molar-refractivity contribution in [2.45, 2.75) is 0 Å². The predicted octanol–water partition coefficient (Wildman–Crippen LogP) is 5.13. The molecule has 3 N–H and O–H groups in total. The van der Waals surface area contributed by atoms with Gasteiger partial charge in [0.05, 0.1) is 7.11 Å². The van der Waals surface area contributed by atoms with Gasteiger partial charge in [-0.05, 0) is 72.4 Å². The summed E-state index contributed by atoms with van der Waals surface area (Å²) in [6.45, 7) is 0. The third kappa shape index (κ3) is 6.94. The smallest absolute Gasteiger partial charge is 0.255 e. The first-order valence-electron chi connectivity index (χ1n) is 9.54. The topological polar surface area (TPSA) is 79.5 Å². The molecule has 8 heteroatoms. The van der Waals surface area contributed by atoms with Gasteiger partial charge in [0.1, 0.15) is 5.75 Å². The van der Waals surface area contributed by atoms with Crippen LogP contribution >= 0.6 is 23.8 Å². The first-order valence-corrected chi connectivity index (χ1v) is 10.3. The Morgan fingerprint density at radius 1 is 0.938 bits per heavy atom. The SMILES string of the molecule is COc1ccc(/C=C/C(=O)NC(=S)Nc2cccc(C(=O)Nc3cccc(Cl)c3)c2)cc1. The summed E-state index contributed by atoms with van der Waals surface area (Å²) in [7, 11) is 1.59. The summed E-state index contributed by atoms with van der Waals surface area (Å²) in [5.74, 6) is 0.0573. The molecule has 3 aromatic rings. The fourth-order valence-electron chi connectivity index (χ4n) is 2.71. The van der Waals surface area contributed by atoms with E-state index in [0.29, 0.717) is 22.0 Å². The Labute approximate surface area is 196 Å². The van der Waals surface area contributed by atoms with Crippen molar-refractivity contribution in [3.63, 3.8) is 0 Å². The van der Waals surface area contributed by atoms with Gasteiger partial charge in [-0.25, -0.2) is 0 Å². The van der Waals surface area contributed by atoms with Crippen LogP contribution in [0.5, 0.6) is 5.75 Å². The number of rotatable bonds is 6. The van der Waals surface area contributed by atoms with Gasteiger partial charge in [-0.3, -0.25) is 14.9 Å². The number of ether oxygens (including phenoxy) is 1. The van der Waals surface area contributed by atoms with E-state index in [1.165, 1.54) is 6.08 Å². The molecule has 0 aliphatic rings. The number of nitrogens with one attached hydrogen (secondary N) is 3. The number of carbonyl (C=O) groups excluding carboxylic acids is 2. The molecule has 0 saturated carbocycles. The lowest BCUT2D eigenvalue weighted by Crippen LogP contribution is -2.32. The lowest BCUT2D eigenvalue weighted by atomic mass is 10.2. The second kappa shape index (κ2) is 11.1. The first-order chi connectivity index (χ1) is 15.4. The molecule has 0 spiro atoms. The summed E-state index contributed by atoms with van der Waals surface area (Å²) in [5, 5.41) is 8.89. The van der Waals surface area contributed by atoms with Crippen molar-refractivity contribution >= 4 is 58.2 Å². The molecule has 0 aromatic heterocycles. The summed E-state index contributed by atoms with van der Waals surface area (Å²) in [5.41, 5.74) is 2.42. The van der Waals surface area contributed by atoms with E-state index < -0.39 is 0 Å². The van der Waals surface area contributed by atoms with Crippen LogP contribution in [0.4, 0.5) is 11.4 Å². The van der Waals surface area contributed by atoms with Gasteiger partial charge in [-0.15, -0.1) is 0 Å². The van der Waals surface area contributed by atoms with Crippen LogP contribution in [0, 0.1) is 0 Å². The number of methoxy groups -OCH3 is 1. The van der Waals surface area contributed by atoms with Gasteiger partial charge < -0.3 is 15.4 Å². The van der Waals surface area contributed by atoms with Gasteiger partial charge in [0.15, 0.2) is 5.11 Å². The van der Waals surface area contributed by atoms with Crippen LogP contribution in [0.25, 0.3) is 6.08 Å². The summed E-state index contributed by atoms with van der Waals surface area (Å²) < 4.78 is 5.10. The molecule has 0 aliphatic heterocycles. The molecule has 3 aromatic carbocycles. The van der Waals surface area contributed by atoms with E-state index in [9.17, 15) is 9.59 Å². The average molecular weight is 466 g/mol. The van der Waals surface area contributed by atoms with Crippen LogP contribution in [-0.4, -0.2) is 24.0 Å². The van der Waals surface area contributed by atoms with Crippen LogP contribution in [0.3, 0.4) is 0 Å². The number of carbonyl (C=O) groups is 2. The Morgan fingerprint density at radius 2 is 1.62 bits per heavy atom. The number of hydrogen-bond acceptors (Lipinski definition) is 4. The average Bonchev–Trinajstić information content (AvgIpc) is 2.78. The zero-order valence-corrected chi connectivity index (χ0v) is 18.7.